The van der Waals surface area contributed by atoms with Gasteiger partial charge in [-0.3, -0.25) is 4.98 Å². The molecule has 0 radical (unpaired) electrons. The van der Waals surface area contributed by atoms with Crippen LogP contribution in [0.5, 0.6) is 0 Å². The van der Waals surface area contributed by atoms with Gasteiger partial charge in [0, 0.05) is 18.1 Å². The molecule has 5 heteroatoms. The summed E-state index contributed by atoms with van der Waals surface area (Å²) in [5, 5.41) is 23.0. The maximum absolute atomic E-state index is 11.3. The second kappa shape index (κ2) is 5.09. The maximum atomic E-state index is 11.3. The van der Waals surface area contributed by atoms with Gasteiger partial charge >= 0.3 is 5.97 Å². The van der Waals surface area contributed by atoms with E-state index in [1.807, 2.05) is 24.3 Å². The first-order valence-corrected chi connectivity index (χ1v) is 6.70. The highest BCUT2D eigenvalue weighted by Gasteiger charge is 2.29. The summed E-state index contributed by atoms with van der Waals surface area (Å²) in [6, 6.07) is 7.38. The van der Waals surface area contributed by atoms with Crippen LogP contribution >= 0.6 is 0 Å². The fraction of sp³-hybridized carbons (Fsp3) is 0.333. The molecule has 1 fully saturated rings. The lowest BCUT2D eigenvalue weighted by molar-refractivity contribution is 0.0697. The number of aromatic carboxylic acids is 1. The number of anilines is 1. The van der Waals surface area contributed by atoms with Gasteiger partial charge in [0.1, 0.15) is 5.56 Å². The van der Waals surface area contributed by atoms with Crippen LogP contribution in [0.4, 0.5) is 5.69 Å². The SMILES string of the molecule is O=C(O)c1cnc2ccccc2c1NCC(O)C1CC1. The molecule has 0 spiro atoms. The number of pyridine rings is 1. The van der Waals surface area contributed by atoms with Gasteiger partial charge in [0.15, 0.2) is 0 Å². The lowest BCUT2D eigenvalue weighted by Crippen LogP contribution is -2.22. The number of carboxylic acids is 1. The molecule has 2 aromatic rings. The Hall–Kier alpha value is -2.14. The minimum Gasteiger partial charge on any atom is -0.478 e. The monoisotopic (exact) mass is 272 g/mol. The molecule has 1 aromatic heterocycles. The van der Waals surface area contributed by atoms with Crippen LogP contribution in [0.15, 0.2) is 30.5 Å². The Morgan fingerprint density at radius 1 is 1.40 bits per heavy atom. The molecule has 0 aliphatic heterocycles. The van der Waals surface area contributed by atoms with Gasteiger partial charge in [0.05, 0.1) is 17.3 Å². The molecule has 1 saturated carbocycles. The predicted octanol–water partition coefficient (Wildman–Crippen LogP) is 2.12. The van der Waals surface area contributed by atoms with Crippen molar-refractivity contribution in [2.24, 2.45) is 5.92 Å². The largest absolute Gasteiger partial charge is 0.478 e. The number of aliphatic hydroxyl groups is 1. The van der Waals surface area contributed by atoms with Gasteiger partial charge < -0.3 is 15.5 Å². The van der Waals surface area contributed by atoms with Crippen LogP contribution in [0.3, 0.4) is 0 Å². The quantitative estimate of drug-likeness (QED) is 0.776. The molecule has 1 aliphatic rings. The van der Waals surface area contributed by atoms with Crippen LogP contribution in [0.2, 0.25) is 0 Å². The number of aromatic nitrogens is 1. The highest BCUT2D eigenvalue weighted by Crippen LogP contribution is 2.33. The zero-order valence-electron chi connectivity index (χ0n) is 10.9. The standard InChI is InChI=1S/C15H16N2O3/c18-13(9-5-6-9)8-17-14-10-3-1-2-4-12(10)16-7-11(14)15(19)20/h1-4,7,9,13,18H,5-6,8H2,(H,16,17)(H,19,20). The molecule has 1 aliphatic carbocycles. The van der Waals surface area contributed by atoms with Crippen molar-refractivity contribution in [2.75, 3.05) is 11.9 Å². The first-order chi connectivity index (χ1) is 9.66. The Morgan fingerprint density at radius 2 is 2.15 bits per heavy atom. The minimum absolute atomic E-state index is 0.131. The molecule has 20 heavy (non-hydrogen) atoms. The molecule has 0 amide bonds. The maximum Gasteiger partial charge on any atom is 0.339 e. The van der Waals surface area contributed by atoms with Crippen LogP contribution < -0.4 is 5.32 Å². The summed E-state index contributed by atoms with van der Waals surface area (Å²) in [7, 11) is 0. The number of benzene rings is 1. The van der Waals surface area contributed by atoms with Crippen molar-refractivity contribution in [1.29, 1.82) is 0 Å². The second-order valence-electron chi connectivity index (χ2n) is 5.15. The van der Waals surface area contributed by atoms with Crippen molar-refractivity contribution in [3.63, 3.8) is 0 Å². The third-order valence-corrected chi connectivity index (χ3v) is 3.66. The molecule has 3 N–H and O–H groups in total. The van der Waals surface area contributed by atoms with Gasteiger partial charge in [-0.2, -0.15) is 0 Å². The molecule has 1 atom stereocenters. The van der Waals surface area contributed by atoms with Gasteiger partial charge in [0.25, 0.3) is 0 Å². The second-order valence-corrected chi connectivity index (χ2v) is 5.15. The van der Waals surface area contributed by atoms with Crippen LogP contribution in [-0.4, -0.2) is 33.8 Å². The van der Waals surface area contributed by atoms with Crippen LogP contribution in [0.1, 0.15) is 23.2 Å². The molecule has 5 nitrogen and oxygen atoms in total. The highest BCUT2D eigenvalue weighted by molar-refractivity contribution is 6.04. The number of hydrogen-bond acceptors (Lipinski definition) is 4. The molecule has 1 heterocycles. The van der Waals surface area contributed by atoms with E-state index in [4.69, 9.17) is 0 Å². The number of aliphatic hydroxyl groups excluding tert-OH is 1. The van der Waals surface area contributed by atoms with Crippen molar-refractivity contribution in [1.82, 2.24) is 4.98 Å². The third-order valence-electron chi connectivity index (χ3n) is 3.66. The summed E-state index contributed by atoms with van der Waals surface area (Å²) < 4.78 is 0. The Morgan fingerprint density at radius 3 is 2.85 bits per heavy atom. The van der Waals surface area contributed by atoms with E-state index < -0.39 is 12.1 Å². The topological polar surface area (TPSA) is 82.5 Å². The molecular weight excluding hydrogens is 256 g/mol. The average Bonchev–Trinajstić information content (AvgIpc) is 3.28. The normalized spacial score (nSPS) is 16.1. The highest BCUT2D eigenvalue weighted by atomic mass is 16.4. The third kappa shape index (κ3) is 2.44. The van der Waals surface area contributed by atoms with E-state index >= 15 is 0 Å². The Bertz CT molecular complexity index is 653. The van der Waals surface area contributed by atoms with Crippen LogP contribution in [0, 0.1) is 5.92 Å². The van der Waals surface area contributed by atoms with E-state index in [-0.39, 0.29) is 5.56 Å². The molecule has 1 aromatic carbocycles. The number of rotatable bonds is 5. The van der Waals surface area contributed by atoms with E-state index in [2.05, 4.69) is 10.3 Å². The van der Waals surface area contributed by atoms with Crippen molar-refractivity contribution in [3.8, 4) is 0 Å². The smallest absolute Gasteiger partial charge is 0.339 e. The summed E-state index contributed by atoms with van der Waals surface area (Å²) in [6.45, 7) is 0.360. The molecule has 0 saturated heterocycles. The number of carboxylic acid groups (broad SMARTS) is 1. The molecular formula is C15H16N2O3. The first kappa shape index (κ1) is 12.9. The van der Waals surface area contributed by atoms with Crippen molar-refractivity contribution < 1.29 is 15.0 Å². The lowest BCUT2D eigenvalue weighted by Gasteiger charge is -2.15. The number of fused-ring (bicyclic) bond motifs is 1. The Balaban J connectivity index is 1.96. The zero-order valence-corrected chi connectivity index (χ0v) is 10.9. The summed E-state index contributed by atoms with van der Waals surface area (Å²) in [5.41, 5.74) is 1.40. The van der Waals surface area contributed by atoms with Crippen LogP contribution in [0.25, 0.3) is 10.9 Å². The number of nitrogens with zero attached hydrogens (tertiary/aromatic N) is 1. The summed E-state index contributed by atoms with van der Waals surface area (Å²) >= 11 is 0. The van der Waals surface area contributed by atoms with Gasteiger partial charge in [0.2, 0.25) is 0 Å². The van der Waals surface area contributed by atoms with E-state index in [0.717, 1.165) is 23.7 Å². The summed E-state index contributed by atoms with van der Waals surface area (Å²) in [6.07, 6.45) is 3.03. The number of para-hydroxylation sites is 1. The van der Waals surface area contributed by atoms with E-state index in [0.29, 0.717) is 18.2 Å². The number of nitrogens with one attached hydrogen (secondary N) is 1. The van der Waals surface area contributed by atoms with E-state index in [1.54, 1.807) is 0 Å². The molecule has 0 bridgehead atoms. The summed E-state index contributed by atoms with van der Waals surface area (Å²) in [4.78, 5) is 15.5. The minimum atomic E-state index is -1.02. The lowest BCUT2D eigenvalue weighted by atomic mass is 10.1. The average molecular weight is 272 g/mol. The Kier molecular flexibility index (Phi) is 3.28. The Labute approximate surface area is 116 Å². The van der Waals surface area contributed by atoms with E-state index in [1.165, 1.54) is 6.20 Å². The molecule has 3 rings (SSSR count). The predicted molar refractivity (Wildman–Crippen MR) is 75.9 cm³/mol. The van der Waals surface area contributed by atoms with E-state index in [9.17, 15) is 15.0 Å². The fourth-order valence-electron chi connectivity index (χ4n) is 2.35. The van der Waals surface area contributed by atoms with Gasteiger partial charge in [-0.1, -0.05) is 18.2 Å². The first-order valence-electron chi connectivity index (χ1n) is 6.70. The van der Waals surface area contributed by atoms with Crippen LogP contribution in [-0.2, 0) is 0 Å². The van der Waals surface area contributed by atoms with Crippen molar-refractivity contribution in [2.45, 2.75) is 18.9 Å². The molecule has 104 valence electrons. The number of carbonyl (C=O) groups is 1. The van der Waals surface area contributed by atoms with Gasteiger partial charge in [-0.05, 0) is 24.8 Å². The molecule has 1 unspecified atom stereocenters. The zero-order chi connectivity index (χ0) is 14.1. The van der Waals surface area contributed by atoms with Gasteiger partial charge in [-0.15, -0.1) is 0 Å². The van der Waals surface area contributed by atoms with Crippen molar-refractivity contribution >= 4 is 22.6 Å². The van der Waals surface area contributed by atoms with Gasteiger partial charge in [-0.25, -0.2) is 4.79 Å². The number of hydrogen-bond donors (Lipinski definition) is 3. The van der Waals surface area contributed by atoms with Crippen molar-refractivity contribution in [3.05, 3.63) is 36.0 Å². The summed E-state index contributed by atoms with van der Waals surface area (Å²) in [5.74, 6) is -0.671. The fourth-order valence-corrected chi connectivity index (χ4v) is 2.35.